The van der Waals surface area contributed by atoms with E-state index in [1.165, 1.54) is 4.90 Å². The van der Waals surface area contributed by atoms with Gasteiger partial charge in [0.05, 0.1) is 5.41 Å². The zero-order chi connectivity index (χ0) is 15.0. The van der Waals surface area contributed by atoms with Gasteiger partial charge in [-0.05, 0) is 18.4 Å². The van der Waals surface area contributed by atoms with Gasteiger partial charge in [-0.1, -0.05) is 58.0 Å². The van der Waals surface area contributed by atoms with E-state index < -0.39 is 10.8 Å². The van der Waals surface area contributed by atoms with Crippen LogP contribution in [0.15, 0.2) is 30.3 Å². The van der Waals surface area contributed by atoms with Gasteiger partial charge < -0.3 is 0 Å². The van der Waals surface area contributed by atoms with Crippen molar-refractivity contribution in [2.45, 2.75) is 40.5 Å². The van der Waals surface area contributed by atoms with Crippen LogP contribution in [0.4, 0.5) is 0 Å². The molecule has 1 atom stereocenters. The normalized spacial score (nSPS) is 23.2. The lowest BCUT2D eigenvalue weighted by atomic mass is 9.82. The predicted molar refractivity (Wildman–Crippen MR) is 79.0 cm³/mol. The number of benzene rings is 1. The van der Waals surface area contributed by atoms with Crippen LogP contribution in [-0.4, -0.2) is 23.3 Å². The average molecular weight is 273 g/mol. The first-order chi connectivity index (χ1) is 9.24. The first kappa shape index (κ1) is 14.8. The van der Waals surface area contributed by atoms with Crippen LogP contribution in [0, 0.1) is 10.8 Å². The molecule has 1 aromatic carbocycles. The zero-order valence-electron chi connectivity index (χ0n) is 12.8. The first-order valence-electron chi connectivity index (χ1n) is 7.14. The predicted octanol–water partition coefficient (Wildman–Crippen LogP) is 3.04. The summed E-state index contributed by atoms with van der Waals surface area (Å²) in [6.45, 7) is 8.08. The Morgan fingerprint density at radius 1 is 1.25 bits per heavy atom. The van der Waals surface area contributed by atoms with Gasteiger partial charge in [0.2, 0.25) is 11.8 Å². The third-order valence-electron chi connectivity index (χ3n) is 3.97. The fraction of sp³-hybridized carbons (Fsp3) is 0.529. The Hall–Kier alpha value is -1.64. The van der Waals surface area contributed by atoms with E-state index in [2.05, 4.69) is 0 Å². The third-order valence-corrected chi connectivity index (χ3v) is 3.97. The summed E-state index contributed by atoms with van der Waals surface area (Å²) in [5, 5.41) is 0. The lowest BCUT2D eigenvalue weighted by Crippen LogP contribution is -2.43. The molecule has 1 unspecified atom stereocenters. The van der Waals surface area contributed by atoms with Crippen molar-refractivity contribution in [1.82, 2.24) is 4.90 Å². The van der Waals surface area contributed by atoms with E-state index in [-0.39, 0.29) is 11.8 Å². The Balaban J connectivity index is 2.16. The van der Waals surface area contributed by atoms with Gasteiger partial charge in [0, 0.05) is 12.0 Å². The monoisotopic (exact) mass is 273 g/mol. The van der Waals surface area contributed by atoms with Gasteiger partial charge in [-0.25, -0.2) is 0 Å². The van der Waals surface area contributed by atoms with Crippen molar-refractivity contribution in [3.63, 3.8) is 0 Å². The van der Waals surface area contributed by atoms with Crippen molar-refractivity contribution in [3.05, 3.63) is 35.9 Å². The van der Waals surface area contributed by atoms with Gasteiger partial charge in [0.25, 0.3) is 0 Å². The highest BCUT2D eigenvalue weighted by molar-refractivity contribution is 6.01. The Bertz CT molecular complexity index is 516. The van der Waals surface area contributed by atoms with E-state index in [1.54, 1.807) is 0 Å². The maximum atomic E-state index is 12.6. The summed E-state index contributed by atoms with van der Waals surface area (Å²) >= 11 is 0. The van der Waals surface area contributed by atoms with E-state index in [0.29, 0.717) is 13.0 Å². The van der Waals surface area contributed by atoms with Crippen LogP contribution in [0.3, 0.4) is 0 Å². The number of carbonyl (C=O) groups is 2. The van der Waals surface area contributed by atoms with E-state index in [1.807, 2.05) is 58.0 Å². The SMILES string of the molecule is CC(C)(C)C(=O)N1CCC(C)(Cc2ccccc2)C1=O. The molecule has 1 fully saturated rings. The van der Waals surface area contributed by atoms with Gasteiger partial charge in [-0.3, -0.25) is 14.5 Å². The maximum Gasteiger partial charge on any atom is 0.235 e. The highest BCUT2D eigenvalue weighted by Gasteiger charge is 2.46. The molecule has 2 rings (SSSR count). The fourth-order valence-electron chi connectivity index (χ4n) is 2.70. The van der Waals surface area contributed by atoms with Crippen LogP contribution >= 0.6 is 0 Å². The van der Waals surface area contributed by atoms with E-state index >= 15 is 0 Å². The number of hydrogen-bond acceptors (Lipinski definition) is 2. The number of rotatable bonds is 2. The minimum atomic E-state index is -0.506. The standard InChI is InChI=1S/C17H23NO2/c1-16(2,3)14(19)18-11-10-17(4,15(18)20)12-13-8-6-5-7-9-13/h5-9H,10-12H2,1-4H3. The fourth-order valence-corrected chi connectivity index (χ4v) is 2.70. The average Bonchev–Trinajstić information content (AvgIpc) is 2.65. The van der Waals surface area contributed by atoms with Crippen molar-refractivity contribution in [3.8, 4) is 0 Å². The topological polar surface area (TPSA) is 37.4 Å². The summed E-state index contributed by atoms with van der Waals surface area (Å²) in [5.74, 6) is -0.0967. The molecule has 0 bridgehead atoms. The Morgan fingerprint density at radius 2 is 1.85 bits per heavy atom. The van der Waals surface area contributed by atoms with Crippen molar-refractivity contribution in [1.29, 1.82) is 0 Å². The zero-order valence-corrected chi connectivity index (χ0v) is 12.8. The second kappa shape index (κ2) is 5.04. The number of hydrogen-bond donors (Lipinski definition) is 0. The lowest BCUT2D eigenvalue weighted by molar-refractivity contribution is -0.150. The van der Waals surface area contributed by atoms with Gasteiger partial charge in [0.1, 0.15) is 0 Å². The number of carbonyl (C=O) groups excluding carboxylic acids is 2. The smallest absolute Gasteiger partial charge is 0.235 e. The van der Waals surface area contributed by atoms with Crippen molar-refractivity contribution < 1.29 is 9.59 Å². The molecule has 2 amide bonds. The Labute approximate surface area is 121 Å². The van der Waals surface area contributed by atoms with Crippen LogP contribution in [0.25, 0.3) is 0 Å². The van der Waals surface area contributed by atoms with Crippen molar-refractivity contribution in [2.75, 3.05) is 6.54 Å². The minimum Gasteiger partial charge on any atom is -0.282 e. The highest BCUT2D eigenvalue weighted by atomic mass is 16.2. The highest BCUT2D eigenvalue weighted by Crippen LogP contribution is 2.36. The molecule has 0 N–H and O–H groups in total. The second-order valence-corrected chi connectivity index (χ2v) is 6.98. The molecule has 3 heteroatoms. The van der Waals surface area contributed by atoms with Crippen molar-refractivity contribution >= 4 is 11.8 Å². The van der Waals surface area contributed by atoms with Crippen LogP contribution in [0.1, 0.15) is 39.7 Å². The summed E-state index contributed by atoms with van der Waals surface area (Å²) in [6, 6.07) is 10.0. The Morgan fingerprint density at radius 3 is 2.40 bits per heavy atom. The van der Waals surface area contributed by atoms with E-state index in [0.717, 1.165) is 12.0 Å². The minimum absolute atomic E-state index is 0.0266. The first-order valence-corrected chi connectivity index (χ1v) is 7.14. The number of amides is 2. The molecular weight excluding hydrogens is 250 g/mol. The molecule has 1 heterocycles. The molecule has 20 heavy (non-hydrogen) atoms. The van der Waals surface area contributed by atoms with Gasteiger partial charge >= 0.3 is 0 Å². The molecule has 0 radical (unpaired) electrons. The maximum absolute atomic E-state index is 12.6. The summed E-state index contributed by atoms with van der Waals surface area (Å²) in [7, 11) is 0. The molecule has 0 spiro atoms. The van der Waals surface area contributed by atoms with Crippen LogP contribution in [0.2, 0.25) is 0 Å². The number of nitrogens with zero attached hydrogens (tertiary/aromatic N) is 1. The molecule has 0 aliphatic carbocycles. The molecule has 3 nitrogen and oxygen atoms in total. The number of imide groups is 1. The molecule has 0 saturated carbocycles. The quantitative estimate of drug-likeness (QED) is 0.830. The lowest BCUT2D eigenvalue weighted by Gasteiger charge is -2.27. The second-order valence-electron chi connectivity index (χ2n) is 6.98. The summed E-state index contributed by atoms with van der Waals surface area (Å²) in [6.07, 6.45) is 1.43. The van der Waals surface area contributed by atoms with E-state index in [9.17, 15) is 9.59 Å². The Kier molecular flexibility index (Phi) is 3.72. The van der Waals surface area contributed by atoms with Gasteiger partial charge in [-0.2, -0.15) is 0 Å². The molecule has 1 aliphatic heterocycles. The largest absolute Gasteiger partial charge is 0.282 e. The van der Waals surface area contributed by atoms with Crippen LogP contribution in [0.5, 0.6) is 0 Å². The third kappa shape index (κ3) is 2.77. The summed E-state index contributed by atoms with van der Waals surface area (Å²) < 4.78 is 0. The van der Waals surface area contributed by atoms with Gasteiger partial charge in [-0.15, -0.1) is 0 Å². The van der Waals surface area contributed by atoms with Crippen LogP contribution in [-0.2, 0) is 16.0 Å². The molecular formula is C17H23NO2. The molecule has 1 aliphatic rings. The summed E-state index contributed by atoms with van der Waals surface area (Å²) in [5.41, 5.74) is 0.184. The molecule has 0 aromatic heterocycles. The van der Waals surface area contributed by atoms with E-state index in [4.69, 9.17) is 0 Å². The van der Waals surface area contributed by atoms with Crippen LogP contribution < -0.4 is 0 Å². The molecule has 1 saturated heterocycles. The van der Waals surface area contributed by atoms with Gasteiger partial charge in [0.15, 0.2) is 0 Å². The summed E-state index contributed by atoms with van der Waals surface area (Å²) in [4.78, 5) is 26.4. The van der Waals surface area contributed by atoms with Crippen molar-refractivity contribution in [2.24, 2.45) is 10.8 Å². The molecule has 1 aromatic rings. The number of likely N-dealkylation sites (tertiary alicyclic amines) is 1. The molecule has 108 valence electrons.